The van der Waals surface area contributed by atoms with Crippen LogP contribution in [0.1, 0.15) is 71.0 Å². The third-order valence-corrected chi connectivity index (χ3v) is 5.68. The summed E-state index contributed by atoms with van der Waals surface area (Å²) in [4.78, 5) is 37.0. The number of hydrogen-bond acceptors (Lipinski definition) is 11. The third kappa shape index (κ3) is 8.04. The number of nitrogens with one attached hydrogen (secondary N) is 1. The molecule has 0 saturated carbocycles. The molecule has 5 N–H and O–H groups in total. The molecule has 2 unspecified atom stereocenters. The predicted molar refractivity (Wildman–Crippen MR) is 124 cm³/mol. The molecule has 0 radical (unpaired) electrons. The van der Waals surface area contributed by atoms with Crippen LogP contribution in [0.15, 0.2) is 18.2 Å². The molecule has 2 rings (SSSR count). The Morgan fingerprint density at radius 1 is 1.14 bits per heavy atom. The molecule has 11 nitrogen and oxygen atoms in total. The topological polar surface area (TPSA) is 167 Å². The van der Waals surface area contributed by atoms with E-state index in [4.69, 9.17) is 24.8 Å². The molecule has 1 heterocycles. The lowest BCUT2D eigenvalue weighted by Crippen LogP contribution is -2.57. The number of phenolic OH excluding ortho intramolecular Hbond substituents is 2. The number of ether oxygens (including phenoxy) is 4. The second-order valence-electron chi connectivity index (χ2n) is 8.88. The zero-order valence-corrected chi connectivity index (χ0v) is 20.7. The van der Waals surface area contributed by atoms with Crippen molar-refractivity contribution in [2.75, 3.05) is 6.61 Å². The Labute approximate surface area is 209 Å². The summed E-state index contributed by atoms with van der Waals surface area (Å²) in [5.41, 5.74) is 0.534. The standard InChI is InChI=1S/C24H35FN2O9/c1-4-6-20(30)34-15-11-19(35-21(31)7-5-2)22(33-13-15)36-23(32)24(3,27-26)12-16(25)14-8-9-17(28)18(29)10-14/h8-10,15-16,19,22,27-29H,4-7,11-13,26H2,1-3H3/t15-,16?,19+,22?,24-/m0/s1. The number of alkyl halides is 1. The van der Waals surface area contributed by atoms with Crippen LogP contribution in [0.5, 0.6) is 11.5 Å². The van der Waals surface area contributed by atoms with Crippen LogP contribution < -0.4 is 11.3 Å². The van der Waals surface area contributed by atoms with E-state index in [2.05, 4.69) is 5.43 Å². The highest BCUT2D eigenvalue weighted by molar-refractivity contribution is 5.80. The van der Waals surface area contributed by atoms with E-state index in [0.29, 0.717) is 12.8 Å². The van der Waals surface area contributed by atoms with Crippen LogP contribution in [0.2, 0.25) is 0 Å². The van der Waals surface area contributed by atoms with E-state index in [0.717, 1.165) is 12.1 Å². The molecule has 1 aliphatic heterocycles. The van der Waals surface area contributed by atoms with Crippen molar-refractivity contribution in [3.8, 4) is 11.5 Å². The van der Waals surface area contributed by atoms with E-state index in [9.17, 15) is 29.0 Å². The summed E-state index contributed by atoms with van der Waals surface area (Å²) in [7, 11) is 0. The average molecular weight is 515 g/mol. The summed E-state index contributed by atoms with van der Waals surface area (Å²) in [5, 5.41) is 19.1. The number of hydrogen-bond donors (Lipinski definition) is 4. The number of carbonyl (C=O) groups is 3. The number of esters is 3. The number of halogens is 1. The van der Waals surface area contributed by atoms with Crippen molar-refractivity contribution in [1.82, 2.24) is 5.43 Å². The molecule has 0 bridgehead atoms. The Balaban J connectivity index is 2.12. The highest BCUT2D eigenvalue weighted by Gasteiger charge is 2.43. The third-order valence-electron chi connectivity index (χ3n) is 5.68. The average Bonchev–Trinajstić information content (AvgIpc) is 2.82. The second-order valence-corrected chi connectivity index (χ2v) is 8.88. The molecule has 0 aromatic heterocycles. The minimum atomic E-state index is -1.77. The van der Waals surface area contributed by atoms with Gasteiger partial charge in [0.15, 0.2) is 17.6 Å². The summed E-state index contributed by atoms with van der Waals surface area (Å²) in [6, 6.07) is 3.42. The lowest BCUT2D eigenvalue weighted by molar-refractivity contribution is -0.247. The highest BCUT2D eigenvalue weighted by Crippen LogP contribution is 2.34. The first-order valence-electron chi connectivity index (χ1n) is 11.9. The lowest BCUT2D eigenvalue weighted by Gasteiger charge is -2.37. The second kappa shape index (κ2) is 13.4. The quantitative estimate of drug-likeness (QED) is 0.106. The Morgan fingerprint density at radius 3 is 2.36 bits per heavy atom. The van der Waals surface area contributed by atoms with Crippen LogP contribution in [0, 0.1) is 0 Å². The monoisotopic (exact) mass is 514 g/mol. The largest absolute Gasteiger partial charge is 0.504 e. The summed E-state index contributed by atoms with van der Waals surface area (Å²) in [5.74, 6) is 2.70. The van der Waals surface area contributed by atoms with E-state index < -0.39 is 66.0 Å². The number of rotatable bonds is 12. The molecule has 1 aromatic rings. The normalized spacial score (nSPS) is 22.2. The first-order valence-corrected chi connectivity index (χ1v) is 11.9. The van der Waals surface area contributed by atoms with Gasteiger partial charge in [-0.15, -0.1) is 0 Å². The van der Waals surface area contributed by atoms with Gasteiger partial charge >= 0.3 is 17.9 Å². The molecular weight excluding hydrogens is 479 g/mol. The zero-order chi connectivity index (χ0) is 26.9. The summed E-state index contributed by atoms with van der Waals surface area (Å²) >= 11 is 0. The summed E-state index contributed by atoms with van der Waals surface area (Å²) in [6.45, 7) is 4.85. The molecule has 1 saturated heterocycles. The molecule has 0 aliphatic carbocycles. The van der Waals surface area contributed by atoms with Crippen LogP contribution in [-0.4, -0.2) is 58.8 Å². The summed E-state index contributed by atoms with van der Waals surface area (Å²) in [6.07, 6.45) is -3.81. The minimum absolute atomic E-state index is 0.0107. The number of carbonyl (C=O) groups excluding carboxylic acids is 3. The van der Waals surface area contributed by atoms with E-state index in [-0.39, 0.29) is 31.4 Å². The van der Waals surface area contributed by atoms with Crippen molar-refractivity contribution in [2.45, 2.75) is 89.5 Å². The molecule has 36 heavy (non-hydrogen) atoms. The van der Waals surface area contributed by atoms with Gasteiger partial charge in [0.1, 0.15) is 17.8 Å². The molecule has 0 amide bonds. The van der Waals surface area contributed by atoms with Crippen LogP contribution in [0.4, 0.5) is 4.39 Å². The fraction of sp³-hybridized carbons (Fsp3) is 0.625. The molecule has 5 atom stereocenters. The van der Waals surface area contributed by atoms with Crippen molar-refractivity contribution < 1.29 is 47.9 Å². The van der Waals surface area contributed by atoms with Gasteiger partial charge in [0.2, 0.25) is 6.29 Å². The molecular formula is C24H35FN2O9. The number of phenols is 2. The Morgan fingerprint density at radius 2 is 1.78 bits per heavy atom. The Hall–Kier alpha value is -2.96. The van der Waals surface area contributed by atoms with Crippen LogP contribution in [0.25, 0.3) is 0 Å². The van der Waals surface area contributed by atoms with E-state index in [1.165, 1.54) is 13.0 Å². The van der Waals surface area contributed by atoms with Crippen molar-refractivity contribution >= 4 is 17.9 Å². The molecule has 1 fully saturated rings. The van der Waals surface area contributed by atoms with Gasteiger partial charge in [-0.25, -0.2) is 14.6 Å². The van der Waals surface area contributed by atoms with E-state index in [1.807, 2.05) is 6.92 Å². The molecule has 202 valence electrons. The van der Waals surface area contributed by atoms with Crippen LogP contribution >= 0.6 is 0 Å². The highest BCUT2D eigenvalue weighted by atomic mass is 19.1. The van der Waals surface area contributed by atoms with Crippen LogP contribution in [-0.2, 0) is 33.3 Å². The molecule has 0 spiro atoms. The maximum atomic E-state index is 15.0. The van der Waals surface area contributed by atoms with Gasteiger partial charge in [0, 0.05) is 25.7 Å². The lowest BCUT2D eigenvalue weighted by atomic mass is 9.92. The number of nitrogens with two attached hydrogens (primary N) is 1. The van der Waals surface area contributed by atoms with Gasteiger partial charge < -0.3 is 29.2 Å². The van der Waals surface area contributed by atoms with Gasteiger partial charge in [-0.3, -0.25) is 15.4 Å². The first-order chi connectivity index (χ1) is 17.0. The molecule has 1 aliphatic rings. The van der Waals surface area contributed by atoms with Crippen molar-refractivity contribution in [3.05, 3.63) is 23.8 Å². The minimum Gasteiger partial charge on any atom is -0.504 e. The van der Waals surface area contributed by atoms with Gasteiger partial charge in [0.25, 0.3) is 0 Å². The number of hydrazine groups is 1. The van der Waals surface area contributed by atoms with Crippen LogP contribution in [0.3, 0.4) is 0 Å². The van der Waals surface area contributed by atoms with Gasteiger partial charge in [-0.05, 0) is 37.5 Å². The van der Waals surface area contributed by atoms with Gasteiger partial charge in [-0.1, -0.05) is 19.9 Å². The fourth-order valence-corrected chi connectivity index (χ4v) is 3.57. The Bertz CT molecular complexity index is 916. The first kappa shape index (κ1) is 29.3. The summed E-state index contributed by atoms with van der Waals surface area (Å²) < 4.78 is 36.8. The van der Waals surface area contributed by atoms with Crippen molar-refractivity contribution in [2.24, 2.45) is 5.84 Å². The van der Waals surface area contributed by atoms with Gasteiger partial charge in [0.05, 0.1) is 6.61 Å². The smallest absolute Gasteiger partial charge is 0.329 e. The fourth-order valence-electron chi connectivity index (χ4n) is 3.57. The van der Waals surface area contributed by atoms with E-state index >= 15 is 0 Å². The van der Waals surface area contributed by atoms with Gasteiger partial charge in [-0.2, -0.15) is 0 Å². The predicted octanol–water partition coefficient (Wildman–Crippen LogP) is 2.43. The number of aromatic hydroxyl groups is 2. The molecule has 1 aromatic carbocycles. The zero-order valence-electron chi connectivity index (χ0n) is 20.7. The maximum absolute atomic E-state index is 15.0. The number of benzene rings is 1. The Kier molecular flexibility index (Phi) is 10.9. The maximum Gasteiger partial charge on any atom is 0.329 e. The van der Waals surface area contributed by atoms with Crippen molar-refractivity contribution in [3.63, 3.8) is 0 Å². The van der Waals surface area contributed by atoms with Crippen molar-refractivity contribution in [1.29, 1.82) is 0 Å². The van der Waals surface area contributed by atoms with E-state index in [1.54, 1.807) is 6.92 Å². The SMILES string of the molecule is CCCC(=O)O[C@@H]1COC(OC(=O)[C@](C)(CC(F)c2ccc(O)c(O)c2)NN)[C@H](OC(=O)CCC)C1. The molecule has 12 heteroatoms.